The van der Waals surface area contributed by atoms with Gasteiger partial charge in [-0.2, -0.15) is 4.98 Å². The first-order valence-corrected chi connectivity index (χ1v) is 6.78. The van der Waals surface area contributed by atoms with Crippen LogP contribution in [0.15, 0.2) is 30.6 Å². The van der Waals surface area contributed by atoms with Gasteiger partial charge in [-0.3, -0.25) is 0 Å². The monoisotopic (exact) mass is 283 g/mol. The van der Waals surface area contributed by atoms with E-state index < -0.39 is 0 Å². The van der Waals surface area contributed by atoms with Crippen LogP contribution in [0.3, 0.4) is 0 Å². The molecule has 0 atom stereocenters. The Hall–Kier alpha value is -2.47. The van der Waals surface area contributed by atoms with E-state index in [2.05, 4.69) is 39.3 Å². The quantitative estimate of drug-likeness (QED) is 0.760. The van der Waals surface area contributed by atoms with Gasteiger partial charge in [0.2, 0.25) is 5.88 Å². The molecule has 2 aromatic heterocycles. The van der Waals surface area contributed by atoms with Crippen LogP contribution in [0, 0.1) is 6.92 Å². The zero-order valence-corrected chi connectivity index (χ0v) is 12.0. The van der Waals surface area contributed by atoms with E-state index in [1.807, 2.05) is 16.7 Å². The second kappa shape index (κ2) is 5.49. The van der Waals surface area contributed by atoms with Gasteiger partial charge in [0.1, 0.15) is 5.82 Å². The first kappa shape index (κ1) is 13.5. The second-order valence-electron chi connectivity index (χ2n) is 5.03. The van der Waals surface area contributed by atoms with E-state index in [0.29, 0.717) is 30.1 Å². The number of nitrogens with one attached hydrogen (secondary N) is 1. The molecule has 1 aromatic carbocycles. The van der Waals surface area contributed by atoms with Crippen LogP contribution in [0.2, 0.25) is 0 Å². The van der Waals surface area contributed by atoms with Gasteiger partial charge in [0.05, 0.1) is 12.9 Å². The highest BCUT2D eigenvalue weighted by Crippen LogP contribution is 2.21. The Morgan fingerprint density at radius 1 is 1.29 bits per heavy atom. The first-order chi connectivity index (χ1) is 10.2. The van der Waals surface area contributed by atoms with E-state index >= 15 is 0 Å². The van der Waals surface area contributed by atoms with Crippen LogP contribution >= 0.6 is 0 Å². The van der Waals surface area contributed by atoms with Crippen LogP contribution in [0.25, 0.3) is 11.2 Å². The molecule has 108 valence electrons. The summed E-state index contributed by atoms with van der Waals surface area (Å²) in [4.78, 5) is 12.7. The fraction of sp³-hybridized carbons (Fsp3) is 0.267. The fourth-order valence-electron chi connectivity index (χ4n) is 2.37. The summed E-state index contributed by atoms with van der Waals surface area (Å²) in [6.07, 6.45) is 1.69. The van der Waals surface area contributed by atoms with Crippen LogP contribution in [-0.2, 0) is 13.1 Å². The molecule has 0 aliphatic rings. The van der Waals surface area contributed by atoms with Crippen LogP contribution in [-0.4, -0.2) is 31.7 Å². The lowest BCUT2D eigenvalue weighted by Crippen LogP contribution is -2.09. The normalized spacial score (nSPS) is 11.1. The molecule has 0 aliphatic heterocycles. The van der Waals surface area contributed by atoms with Gasteiger partial charge in [-0.15, -0.1) is 0 Å². The van der Waals surface area contributed by atoms with Gasteiger partial charge >= 0.3 is 0 Å². The Morgan fingerprint density at radius 3 is 2.90 bits per heavy atom. The molecule has 0 unspecified atom stereocenters. The Labute approximate surface area is 122 Å². The van der Waals surface area contributed by atoms with E-state index in [-0.39, 0.29) is 5.88 Å². The fourth-order valence-corrected chi connectivity index (χ4v) is 2.37. The molecule has 0 bridgehead atoms. The minimum Gasteiger partial charge on any atom is -0.492 e. The second-order valence-corrected chi connectivity index (χ2v) is 5.03. The lowest BCUT2D eigenvalue weighted by Gasteiger charge is -2.07. The summed E-state index contributed by atoms with van der Waals surface area (Å²) in [5.74, 6) is 0.499. The van der Waals surface area contributed by atoms with Gasteiger partial charge in [-0.1, -0.05) is 29.8 Å². The largest absolute Gasteiger partial charge is 0.492 e. The van der Waals surface area contributed by atoms with E-state index in [1.54, 1.807) is 13.4 Å². The van der Waals surface area contributed by atoms with E-state index in [0.717, 1.165) is 5.56 Å². The molecule has 0 aliphatic carbocycles. The molecule has 0 fully saturated rings. The van der Waals surface area contributed by atoms with Crippen molar-refractivity contribution < 1.29 is 5.11 Å². The van der Waals surface area contributed by atoms with Crippen molar-refractivity contribution in [3.05, 3.63) is 47.5 Å². The molecule has 2 N–H and O–H groups in total. The predicted molar refractivity (Wildman–Crippen MR) is 80.0 cm³/mol. The zero-order valence-electron chi connectivity index (χ0n) is 12.0. The number of aromatic nitrogens is 4. The van der Waals surface area contributed by atoms with E-state index in [4.69, 9.17) is 0 Å². The van der Waals surface area contributed by atoms with Crippen molar-refractivity contribution in [1.29, 1.82) is 0 Å². The summed E-state index contributed by atoms with van der Waals surface area (Å²) in [6, 6.07) is 8.23. The molecular weight excluding hydrogens is 266 g/mol. The molecule has 6 heteroatoms. The first-order valence-electron chi connectivity index (χ1n) is 6.78. The third-order valence-corrected chi connectivity index (χ3v) is 3.27. The van der Waals surface area contributed by atoms with Crippen LogP contribution in [0.5, 0.6) is 5.88 Å². The molecule has 3 aromatic rings. The Morgan fingerprint density at radius 2 is 2.14 bits per heavy atom. The number of rotatable bonds is 4. The molecule has 0 saturated carbocycles. The summed E-state index contributed by atoms with van der Waals surface area (Å²) < 4.78 is 1.86. The van der Waals surface area contributed by atoms with Crippen molar-refractivity contribution in [2.45, 2.75) is 20.0 Å². The van der Waals surface area contributed by atoms with Crippen molar-refractivity contribution in [3.8, 4) is 5.88 Å². The molecule has 21 heavy (non-hydrogen) atoms. The van der Waals surface area contributed by atoms with Crippen molar-refractivity contribution in [2.75, 3.05) is 7.05 Å². The maximum atomic E-state index is 10.1. The highest BCUT2D eigenvalue weighted by atomic mass is 16.3. The molecular formula is C15H17N5O. The standard InChI is InChI=1S/C15H17N5O/c1-10-4-3-5-11(6-10)8-20-9-17-14-13(20)15(21)19-12(18-14)7-16-2/h3-6,9,16H,7-8H2,1-2H3,(H,18,19,21). The van der Waals surface area contributed by atoms with Gasteiger partial charge < -0.3 is 15.0 Å². The third-order valence-electron chi connectivity index (χ3n) is 3.27. The number of benzene rings is 1. The third kappa shape index (κ3) is 2.71. The molecule has 0 radical (unpaired) electrons. The number of fused-ring (bicyclic) bond motifs is 1. The van der Waals surface area contributed by atoms with Gasteiger partial charge in [0, 0.05) is 6.54 Å². The Kier molecular flexibility index (Phi) is 3.53. The maximum Gasteiger partial charge on any atom is 0.241 e. The van der Waals surface area contributed by atoms with Gasteiger partial charge in [0.15, 0.2) is 11.2 Å². The average Bonchev–Trinajstić information content (AvgIpc) is 2.83. The highest BCUT2D eigenvalue weighted by Gasteiger charge is 2.12. The lowest BCUT2D eigenvalue weighted by molar-refractivity contribution is 0.452. The summed E-state index contributed by atoms with van der Waals surface area (Å²) >= 11 is 0. The van der Waals surface area contributed by atoms with Gasteiger partial charge in [-0.25, -0.2) is 9.97 Å². The van der Waals surface area contributed by atoms with Crippen molar-refractivity contribution in [2.24, 2.45) is 0 Å². The minimum atomic E-state index is -0.0320. The molecule has 0 saturated heterocycles. The Balaban J connectivity index is 2.00. The summed E-state index contributed by atoms with van der Waals surface area (Å²) in [5, 5.41) is 13.1. The van der Waals surface area contributed by atoms with Crippen LogP contribution in [0.4, 0.5) is 0 Å². The molecule has 3 rings (SSSR count). The summed E-state index contributed by atoms with van der Waals surface area (Å²) in [6.45, 7) is 3.18. The number of hydrogen-bond donors (Lipinski definition) is 2. The smallest absolute Gasteiger partial charge is 0.241 e. The number of imidazole rings is 1. The summed E-state index contributed by atoms with van der Waals surface area (Å²) in [7, 11) is 1.81. The lowest BCUT2D eigenvalue weighted by atomic mass is 10.1. The molecule has 6 nitrogen and oxygen atoms in total. The van der Waals surface area contributed by atoms with Crippen LogP contribution in [0.1, 0.15) is 17.0 Å². The number of hydrogen-bond acceptors (Lipinski definition) is 5. The molecule has 2 heterocycles. The van der Waals surface area contributed by atoms with Crippen molar-refractivity contribution in [1.82, 2.24) is 24.8 Å². The highest BCUT2D eigenvalue weighted by molar-refractivity contribution is 5.76. The Bertz CT molecular complexity index is 781. The minimum absolute atomic E-state index is 0.0320. The summed E-state index contributed by atoms with van der Waals surface area (Å²) in [5.41, 5.74) is 3.43. The topological polar surface area (TPSA) is 75.9 Å². The zero-order chi connectivity index (χ0) is 14.8. The molecule has 0 amide bonds. The SMILES string of the molecule is CNCc1nc(O)c2c(ncn2Cc2cccc(C)c2)n1. The average molecular weight is 283 g/mol. The van der Waals surface area contributed by atoms with Gasteiger partial charge in [0.25, 0.3) is 0 Å². The van der Waals surface area contributed by atoms with Crippen molar-refractivity contribution >= 4 is 11.2 Å². The predicted octanol–water partition coefficient (Wildman–Crippen LogP) is 1.61. The van der Waals surface area contributed by atoms with Crippen LogP contribution < -0.4 is 5.32 Å². The maximum absolute atomic E-state index is 10.1. The number of aryl methyl sites for hydroxylation is 1. The van der Waals surface area contributed by atoms with E-state index in [9.17, 15) is 5.11 Å². The van der Waals surface area contributed by atoms with Gasteiger partial charge in [-0.05, 0) is 19.5 Å². The van der Waals surface area contributed by atoms with E-state index in [1.165, 1.54) is 5.56 Å². The molecule has 0 spiro atoms. The number of aromatic hydroxyl groups is 1. The number of nitrogens with zero attached hydrogens (tertiary/aromatic N) is 4. The van der Waals surface area contributed by atoms with Crippen molar-refractivity contribution in [3.63, 3.8) is 0 Å².